The number of alkyl halides is 3. The lowest BCUT2D eigenvalue weighted by atomic mass is 9.95. The third kappa shape index (κ3) is 9.32. The van der Waals surface area contributed by atoms with E-state index in [1.54, 1.807) is 13.8 Å². The van der Waals surface area contributed by atoms with Crippen molar-refractivity contribution in [1.82, 2.24) is 21.3 Å². The lowest BCUT2D eigenvalue weighted by molar-refractivity contribution is -0.147. The molecule has 1 aliphatic heterocycles. The Balaban J connectivity index is 2.83. The summed E-state index contributed by atoms with van der Waals surface area (Å²) < 4.78 is 36.6. The van der Waals surface area contributed by atoms with Gasteiger partial charge in [-0.1, -0.05) is 13.8 Å². The molecule has 0 saturated carbocycles. The first-order chi connectivity index (χ1) is 14.3. The first-order valence-electron chi connectivity index (χ1n) is 9.71. The van der Waals surface area contributed by atoms with Crippen LogP contribution in [0.4, 0.5) is 13.2 Å². The molecular weight excluding hydrogens is 425 g/mol. The predicted molar refractivity (Wildman–Crippen MR) is 100 cm³/mol. The molecule has 5 N–H and O–H groups in total. The summed E-state index contributed by atoms with van der Waals surface area (Å²) >= 11 is 0. The zero-order chi connectivity index (χ0) is 23.8. The summed E-state index contributed by atoms with van der Waals surface area (Å²) in [6.07, 6.45) is -4.32. The summed E-state index contributed by atoms with van der Waals surface area (Å²) in [7, 11) is 0. The van der Waals surface area contributed by atoms with E-state index in [1.807, 2.05) is 0 Å². The first kappa shape index (κ1) is 26.3. The van der Waals surface area contributed by atoms with Crippen molar-refractivity contribution in [3.63, 3.8) is 0 Å². The minimum Gasteiger partial charge on any atom is -0.389 e. The molecule has 1 fully saturated rings. The molecule has 0 radical (unpaired) electrons. The topological polar surface area (TPSA) is 154 Å². The summed E-state index contributed by atoms with van der Waals surface area (Å²) in [5.74, 6) is -5.62. The Hall–Kier alpha value is -2.70. The Morgan fingerprint density at radius 1 is 1.13 bits per heavy atom. The third-order valence-corrected chi connectivity index (χ3v) is 4.53. The minimum absolute atomic E-state index is 0.0219. The highest BCUT2D eigenvalue weighted by molar-refractivity contribution is 6.35. The molecule has 0 aromatic rings. The second-order valence-electron chi connectivity index (χ2n) is 7.65. The lowest BCUT2D eigenvalue weighted by Gasteiger charge is -2.24. The van der Waals surface area contributed by atoms with Crippen LogP contribution < -0.4 is 21.3 Å². The van der Waals surface area contributed by atoms with Gasteiger partial charge < -0.3 is 26.4 Å². The Bertz CT molecular complexity index is 698. The molecule has 0 spiro atoms. The van der Waals surface area contributed by atoms with Crippen LogP contribution in [-0.4, -0.2) is 72.5 Å². The lowest BCUT2D eigenvalue weighted by Crippen LogP contribution is -2.55. The zero-order valence-electron chi connectivity index (χ0n) is 17.2. The molecule has 0 aliphatic carbocycles. The Morgan fingerprint density at radius 3 is 2.26 bits per heavy atom. The molecule has 0 unspecified atom stereocenters. The average Bonchev–Trinajstić information content (AvgIpc) is 3.07. The zero-order valence-corrected chi connectivity index (χ0v) is 17.2. The molecule has 4 amide bonds. The Kier molecular flexibility index (Phi) is 9.88. The number of rotatable bonds is 10. The van der Waals surface area contributed by atoms with Crippen LogP contribution in [0.15, 0.2) is 0 Å². The van der Waals surface area contributed by atoms with Gasteiger partial charge in [-0.3, -0.25) is 24.0 Å². The molecule has 0 aromatic heterocycles. The van der Waals surface area contributed by atoms with E-state index in [1.165, 1.54) is 5.32 Å². The number of amides is 4. The van der Waals surface area contributed by atoms with Crippen molar-refractivity contribution in [2.75, 3.05) is 19.7 Å². The van der Waals surface area contributed by atoms with Crippen molar-refractivity contribution < 1.29 is 42.3 Å². The molecule has 176 valence electrons. The molecular formula is C18H27F3N4O6. The standard InChI is InChI=1S/C18H27F3N4O6/c1-9(2)5-12(25-17(31)16(30)23-8-18(19,20)21)15(29)24-11(13(27)7-26)6-10-3-4-22-14(10)28/h9-12,26H,3-8H2,1-2H3,(H,22,28)(H,23,30)(H,24,29)(H,25,31)/t10-,11-,12-/m0/s1. The highest BCUT2D eigenvalue weighted by atomic mass is 19.4. The van der Waals surface area contributed by atoms with Gasteiger partial charge in [0.15, 0.2) is 5.78 Å². The first-order valence-corrected chi connectivity index (χ1v) is 9.71. The van der Waals surface area contributed by atoms with E-state index in [0.717, 1.165) is 0 Å². The largest absolute Gasteiger partial charge is 0.405 e. The van der Waals surface area contributed by atoms with Crippen LogP contribution in [0, 0.1) is 11.8 Å². The highest BCUT2D eigenvalue weighted by Gasteiger charge is 2.34. The van der Waals surface area contributed by atoms with Gasteiger partial charge in [0.25, 0.3) is 0 Å². The van der Waals surface area contributed by atoms with Crippen LogP contribution in [-0.2, 0) is 24.0 Å². The summed E-state index contributed by atoms with van der Waals surface area (Å²) in [5.41, 5.74) is 0. The molecule has 10 nitrogen and oxygen atoms in total. The summed E-state index contributed by atoms with van der Waals surface area (Å²) in [5, 5.41) is 17.6. The van der Waals surface area contributed by atoms with Crippen molar-refractivity contribution in [1.29, 1.82) is 0 Å². The van der Waals surface area contributed by atoms with E-state index in [4.69, 9.17) is 5.11 Å². The number of ketones is 1. The van der Waals surface area contributed by atoms with Crippen molar-refractivity contribution in [2.24, 2.45) is 11.8 Å². The maximum atomic E-state index is 12.7. The maximum absolute atomic E-state index is 12.7. The average molecular weight is 452 g/mol. The van der Waals surface area contributed by atoms with Crippen LogP contribution >= 0.6 is 0 Å². The molecule has 31 heavy (non-hydrogen) atoms. The quantitative estimate of drug-likeness (QED) is 0.262. The molecule has 3 atom stereocenters. The number of nitrogens with one attached hydrogen (secondary N) is 4. The van der Waals surface area contributed by atoms with E-state index in [-0.39, 0.29) is 24.7 Å². The van der Waals surface area contributed by atoms with Crippen LogP contribution in [0.3, 0.4) is 0 Å². The number of halogens is 3. The molecule has 0 bridgehead atoms. The summed E-state index contributed by atoms with van der Waals surface area (Å²) in [6.45, 7) is 1.22. The SMILES string of the molecule is CC(C)C[C@H](NC(=O)C(=O)NCC(F)(F)F)C(=O)N[C@@H](C[C@@H]1CCNC1=O)C(=O)CO. The maximum Gasteiger partial charge on any atom is 0.405 e. The second kappa shape index (κ2) is 11.6. The van der Waals surface area contributed by atoms with Crippen LogP contribution in [0.5, 0.6) is 0 Å². The third-order valence-electron chi connectivity index (χ3n) is 4.53. The van der Waals surface area contributed by atoms with Crippen molar-refractivity contribution in [3.05, 3.63) is 0 Å². The smallest absolute Gasteiger partial charge is 0.389 e. The van der Waals surface area contributed by atoms with Crippen LogP contribution in [0.25, 0.3) is 0 Å². The fourth-order valence-electron chi connectivity index (χ4n) is 3.00. The van der Waals surface area contributed by atoms with Crippen molar-refractivity contribution in [2.45, 2.75) is 51.4 Å². The Morgan fingerprint density at radius 2 is 1.77 bits per heavy atom. The monoisotopic (exact) mass is 452 g/mol. The molecule has 13 heteroatoms. The van der Waals surface area contributed by atoms with Gasteiger partial charge in [0.2, 0.25) is 11.8 Å². The number of hydrogen-bond acceptors (Lipinski definition) is 6. The minimum atomic E-state index is -4.71. The molecule has 1 heterocycles. The van der Waals surface area contributed by atoms with Gasteiger partial charge in [-0.25, -0.2) is 0 Å². The normalized spacial score (nSPS) is 18.2. The molecule has 1 rings (SSSR count). The van der Waals surface area contributed by atoms with E-state index in [9.17, 15) is 37.1 Å². The van der Waals surface area contributed by atoms with Gasteiger partial charge in [-0.2, -0.15) is 13.2 Å². The predicted octanol–water partition coefficient (Wildman–Crippen LogP) is -1.23. The van der Waals surface area contributed by atoms with Gasteiger partial charge >= 0.3 is 18.0 Å². The van der Waals surface area contributed by atoms with Crippen molar-refractivity contribution in [3.8, 4) is 0 Å². The van der Waals surface area contributed by atoms with Crippen LogP contribution in [0.2, 0.25) is 0 Å². The summed E-state index contributed by atoms with van der Waals surface area (Å²) in [4.78, 5) is 60.0. The van der Waals surface area contributed by atoms with Gasteiger partial charge in [0.1, 0.15) is 19.2 Å². The fourth-order valence-corrected chi connectivity index (χ4v) is 3.00. The number of carbonyl (C=O) groups excluding carboxylic acids is 5. The van der Waals surface area contributed by atoms with Crippen molar-refractivity contribution >= 4 is 29.4 Å². The molecule has 0 aromatic carbocycles. The van der Waals surface area contributed by atoms with E-state index in [2.05, 4.69) is 16.0 Å². The Labute approximate surface area is 176 Å². The number of hydrogen-bond donors (Lipinski definition) is 5. The number of carbonyl (C=O) groups is 5. The highest BCUT2D eigenvalue weighted by Crippen LogP contribution is 2.17. The second-order valence-corrected chi connectivity index (χ2v) is 7.65. The number of Topliss-reactive ketones (excluding diaryl/α,β-unsaturated/α-hetero) is 1. The van der Waals surface area contributed by atoms with E-state index < -0.39 is 60.8 Å². The van der Waals surface area contributed by atoms with Gasteiger partial charge in [-0.05, 0) is 25.2 Å². The number of aliphatic hydroxyl groups is 1. The molecule has 1 aliphatic rings. The summed E-state index contributed by atoms with van der Waals surface area (Å²) in [6, 6.07) is -2.53. The number of aliphatic hydroxyl groups excluding tert-OH is 1. The van der Waals surface area contributed by atoms with E-state index in [0.29, 0.717) is 13.0 Å². The van der Waals surface area contributed by atoms with E-state index >= 15 is 0 Å². The van der Waals surface area contributed by atoms with Gasteiger partial charge in [0, 0.05) is 12.5 Å². The van der Waals surface area contributed by atoms with Gasteiger partial charge in [-0.15, -0.1) is 0 Å². The fraction of sp³-hybridized carbons (Fsp3) is 0.722. The molecule has 1 saturated heterocycles. The van der Waals surface area contributed by atoms with Gasteiger partial charge in [0.05, 0.1) is 6.04 Å². The van der Waals surface area contributed by atoms with Crippen LogP contribution in [0.1, 0.15) is 33.1 Å².